The molecule has 0 amide bonds. The van der Waals surface area contributed by atoms with Gasteiger partial charge in [0, 0.05) is 6.42 Å². The average Bonchev–Trinajstić information content (AvgIpc) is 3.14. The Kier molecular flexibility index (Phi) is 12.9. The molecule has 2 aliphatic heterocycles. The van der Waals surface area contributed by atoms with E-state index in [1.165, 1.54) is 32.1 Å². The molecular weight excluding hydrogens is 480 g/mol. The summed E-state index contributed by atoms with van der Waals surface area (Å²) >= 11 is 0. The Bertz CT molecular complexity index is 724. The van der Waals surface area contributed by atoms with Gasteiger partial charge in [0.1, 0.15) is 37.1 Å². The van der Waals surface area contributed by atoms with Crippen LogP contribution in [-0.2, 0) is 28.5 Å². The number of hydrogen-bond acceptors (Lipinski definition) is 12. The van der Waals surface area contributed by atoms with Crippen LogP contribution in [0.15, 0.2) is 11.5 Å². The van der Waals surface area contributed by atoms with Crippen LogP contribution in [0.3, 0.4) is 0 Å². The summed E-state index contributed by atoms with van der Waals surface area (Å²) in [5.74, 6) is -3.32. The second-order valence-corrected chi connectivity index (χ2v) is 9.18. The standard InChI is InChI=1S/C24H40O12/c1-2-3-4-5-6-7-8-9-10-11-16(27)33-13-14(26)21-20(31)22(23(32)35-21)36-24-19(30)18(29)17(28)15(12-25)34-24/h14-15,17-19,21,24-26,28-31H,2-13H2,1H3/t14-,15+,17+,18-,19+,21+,24?/m0/s1. The third kappa shape index (κ3) is 8.56. The Morgan fingerprint density at radius 3 is 2.19 bits per heavy atom. The first-order valence-electron chi connectivity index (χ1n) is 12.7. The van der Waals surface area contributed by atoms with E-state index in [0.717, 1.165) is 19.3 Å². The van der Waals surface area contributed by atoms with Crippen LogP contribution in [0.4, 0.5) is 0 Å². The van der Waals surface area contributed by atoms with E-state index >= 15 is 0 Å². The first kappa shape index (κ1) is 30.3. The summed E-state index contributed by atoms with van der Waals surface area (Å²) in [5.41, 5.74) is 0. The van der Waals surface area contributed by atoms with Gasteiger partial charge in [0.25, 0.3) is 0 Å². The van der Waals surface area contributed by atoms with E-state index in [1.807, 2.05) is 0 Å². The molecule has 2 aliphatic rings. The number of cyclic esters (lactones) is 1. The van der Waals surface area contributed by atoms with Crippen molar-refractivity contribution in [3.05, 3.63) is 11.5 Å². The Labute approximate surface area is 210 Å². The molecule has 1 saturated heterocycles. The minimum atomic E-state index is -1.82. The number of aliphatic hydroxyl groups excluding tert-OH is 6. The lowest BCUT2D eigenvalue weighted by atomic mass is 9.99. The minimum Gasteiger partial charge on any atom is -0.505 e. The summed E-state index contributed by atoms with van der Waals surface area (Å²) in [7, 11) is 0. The number of carbonyl (C=O) groups is 2. The van der Waals surface area contributed by atoms with Crippen molar-refractivity contribution < 1.29 is 59.2 Å². The van der Waals surface area contributed by atoms with Gasteiger partial charge in [0.2, 0.25) is 12.0 Å². The number of hydrogen-bond donors (Lipinski definition) is 6. The van der Waals surface area contributed by atoms with Crippen molar-refractivity contribution >= 4 is 11.9 Å². The Hall–Kier alpha value is -1.96. The molecule has 36 heavy (non-hydrogen) atoms. The molecule has 6 N–H and O–H groups in total. The molecule has 12 heteroatoms. The summed E-state index contributed by atoms with van der Waals surface area (Å²) in [6.07, 6.45) is -1.34. The second kappa shape index (κ2) is 15.3. The SMILES string of the molecule is CCCCCCCCCCCC(=O)OC[C@H](O)[C@H]1OC(=O)C(OC2O[C@H](CO)[C@@H](O)[C@H](O)[C@H]2O)=C1O. The lowest BCUT2D eigenvalue weighted by Crippen LogP contribution is -2.59. The van der Waals surface area contributed by atoms with Crippen LogP contribution >= 0.6 is 0 Å². The van der Waals surface area contributed by atoms with Gasteiger partial charge in [-0.25, -0.2) is 4.79 Å². The third-order valence-electron chi connectivity index (χ3n) is 6.25. The predicted molar refractivity (Wildman–Crippen MR) is 123 cm³/mol. The summed E-state index contributed by atoms with van der Waals surface area (Å²) < 4.78 is 20.2. The van der Waals surface area contributed by atoms with Crippen LogP contribution in [-0.4, -0.2) is 98.7 Å². The van der Waals surface area contributed by atoms with E-state index < -0.39 is 79.6 Å². The van der Waals surface area contributed by atoms with Crippen LogP contribution in [0.2, 0.25) is 0 Å². The van der Waals surface area contributed by atoms with E-state index in [0.29, 0.717) is 6.42 Å². The van der Waals surface area contributed by atoms with Crippen LogP contribution in [0, 0.1) is 0 Å². The molecule has 208 valence electrons. The normalized spacial score (nSPS) is 29.2. The summed E-state index contributed by atoms with van der Waals surface area (Å²) in [6.45, 7) is 0.926. The van der Waals surface area contributed by atoms with E-state index in [2.05, 4.69) is 6.92 Å². The third-order valence-corrected chi connectivity index (χ3v) is 6.25. The van der Waals surface area contributed by atoms with E-state index in [1.54, 1.807) is 0 Å². The zero-order chi connectivity index (χ0) is 26.7. The fraction of sp³-hybridized carbons (Fsp3) is 0.833. The number of ether oxygens (including phenoxy) is 4. The van der Waals surface area contributed by atoms with Crippen molar-refractivity contribution in [2.75, 3.05) is 13.2 Å². The number of unbranched alkanes of at least 4 members (excludes halogenated alkanes) is 8. The highest BCUT2D eigenvalue weighted by atomic mass is 16.7. The fourth-order valence-corrected chi connectivity index (χ4v) is 4.03. The predicted octanol–water partition coefficient (Wildman–Crippen LogP) is 0.323. The van der Waals surface area contributed by atoms with E-state index in [4.69, 9.17) is 18.9 Å². The molecule has 0 saturated carbocycles. The molecule has 0 aliphatic carbocycles. The maximum absolute atomic E-state index is 12.1. The highest BCUT2D eigenvalue weighted by molar-refractivity contribution is 5.89. The highest BCUT2D eigenvalue weighted by Crippen LogP contribution is 2.29. The Morgan fingerprint density at radius 1 is 0.972 bits per heavy atom. The van der Waals surface area contributed by atoms with Crippen LogP contribution in [0.5, 0.6) is 0 Å². The number of aliphatic hydroxyl groups is 6. The van der Waals surface area contributed by atoms with Gasteiger partial charge in [-0.05, 0) is 6.42 Å². The van der Waals surface area contributed by atoms with Gasteiger partial charge in [-0.2, -0.15) is 0 Å². The quantitative estimate of drug-likeness (QED) is 0.121. The molecule has 0 aromatic carbocycles. The molecule has 0 radical (unpaired) electrons. The number of carbonyl (C=O) groups excluding carboxylic acids is 2. The lowest BCUT2D eigenvalue weighted by molar-refractivity contribution is -0.291. The van der Waals surface area contributed by atoms with Gasteiger partial charge in [-0.15, -0.1) is 0 Å². The van der Waals surface area contributed by atoms with Crippen molar-refractivity contribution in [3.8, 4) is 0 Å². The molecule has 2 rings (SSSR count). The van der Waals surface area contributed by atoms with Gasteiger partial charge in [-0.1, -0.05) is 58.3 Å². The molecular formula is C24H40O12. The first-order chi connectivity index (χ1) is 17.2. The van der Waals surface area contributed by atoms with Gasteiger partial charge in [0.05, 0.1) is 6.61 Å². The average molecular weight is 521 g/mol. The molecule has 7 atom stereocenters. The molecule has 12 nitrogen and oxygen atoms in total. The molecule has 1 unspecified atom stereocenters. The van der Waals surface area contributed by atoms with Gasteiger partial charge < -0.3 is 49.6 Å². The summed E-state index contributed by atoms with van der Waals surface area (Å²) in [4.78, 5) is 24.1. The fourth-order valence-electron chi connectivity index (χ4n) is 4.03. The largest absolute Gasteiger partial charge is 0.505 e. The van der Waals surface area contributed by atoms with Crippen LogP contribution in [0.25, 0.3) is 0 Å². The molecule has 0 spiro atoms. The molecule has 2 heterocycles. The Balaban J connectivity index is 1.75. The minimum absolute atomic E-state index is 0.181. The molecule has 0 aromatic rings. The van der Waals surface area contributed by atoms with E-state index in [-0.39, 0.29) is 6.42 Å². The van der Waals surface area contributed by atoms with Crippen molar-refractivity contribution in [3.63, 3.8) is 0 Å². The highest BCUT2D eigenvalue weighted by Gasteiger charge is 2.48. The number of rotatable bonds is 16. The van der Waals surface area contributed by atoms with E-state index in [9.17, 15) is 40.2 Å². The monoisotopic (exact) mass is 520 g/mol. The topological polar surface area (TPSA) is 192 Å². The molecule has 0 bridgehead atoms. The van der Waals surface area contributed by atoms with Crippen molar-refractivity contribution in [2.45, 2.75) is 114 Å². The molecule has 0 aromatic heterocycles. The zero-order valence-electron chi connectivity index (χ0n) is 20.7. The Morgan fingerprint density at radius 2 is 1.58 bits per heavy atom. The number of esters is 2. The van der Waals surface area contributed by atoms with Gasteiger partial charge >= 0.3 is 11.9 Å². The maximum Gasteiger partial charge on any atom is 0.378 e. The van der Waals surface area contributed by atoms with Crippen molar-refractivity contribution in [2.24, 2.45) is 0 Å². The summed E-state index contributed by atoms with van der Waals surface area (Å²) in [6, 6.07) is 0. The van der Waals surface area contributed by atoms with Gasteiger partial charge in [0.15, 0.2) is 11.9 Å². The van der Waals surface area contributed by atoms with Crippen LogP contribution in [0.1, 0.15) is 71.1 Å². The van der Waals surface area contributed by atoms with Gasteiger partial charge in [-0.3, -0.25) is 4.79 Å². The lowest BCUT2D eigenvalue weighted by Gasteiger charge is -2.39. The zero-order valence-corrected chi connectivity index (χ0v) is 20.7. The smallest absolute Gasteiger partial charge is 0.378 e. The van der Waals surface area contributed by atoms with Crippen molar-refractivity contribution in [1.29, 1.82) is 0 Å². The van der Waals surface area contributed by atoms with Crippen LogP contribution < -0.4 is 0 Å². The second-order valence-electron chi connectivity index (χ2n) is 9.18. The summed E-state index contributed by atoms with van der Waals surface area (Å²) in [5, 5.41) is 59.5. The van der Waals surface area contributed by atoms with Crippen molar-refractivity contribution in [1.82, 2.24) is 0 Å². The first-order valence-corrected chi connectivity index (χ1v) is 12.7. The maximum atomic E-state index is 12.1. The molecule has 1 fully saturated rings.